The Kier molecular flexibility index (Phi) is 13.4. The Morgan fingerprint density at radius 3 is 2.33 bits per heavy atom. The molecule has 0 aromatic heterocycles. The van der Waals surface area contributed by atoms with Crippen molar-refractivity contribution >= 4 is 27.4 Å². The molecule has 2 aromatic carbocycles. The van der Waals surface area contributed by atoms with E-state index in [0.717, 1.165) is 95.7 Å². The lowest BCUT2D eigenvalue weighted by molar-refractivity contribution is -0.142. The van der Waals surface area contributed by atoms with Gasteiger partial charge in [-0.25, -0.2) is 12.8 Å². The average molecular weight is 808 g/mol. The van der Waals surface area contributed by atoms with Crippen LogP contribution in [0.5, 0.6) is 0 Å². The summed E-state index contributed by atoms with van der Waals surface area (Å²) in [5, 5.41) is -0.579. The maximum absolute atomic E-state index is 15.1. The van der Waals surface area contributed by atoms with E-state index in [1.165, 1.54) is 13.2 Å². The molecule has 2 aromatic rings. The van der Waals surface area contributed by atoms with Gasteiger partial charge in [0, 0.05) is 88.4 Å². The number of nitrogens with zero attached hydrogens (tertiary/aromatic N) is 5. The van der Waals surface area contributed by atoms with E-state index in [-0.39, 0.29) is 48.0 Å². The van der Waals surface area contributed by atoms with Crippen molar-refractivity contribution in [1.29, 1.82) is 0 Å². The van der Waals surface area contributed by atoms with Gasteiger partial charge in [-0.05, 0) is 113 Å². The van der Waals surface area contributed by atoms with E-state index in [4.69, 9.17) is 9.47 Å². The van der Waals surface area contributed by atoms with E-state index in [1.807, 2.05) is 37.2 Å². The van der Waals surface area contributed by atoms with Gasteiger partial charge in [-0.3, -0.25) is 14.5 Å². The number of piperidine rings is 1. The highest BCUT2D eigenvalue weighted by atomic mass is 32.2. The molecule has 4 saturated heterocycles. The van der Waals surface area contributed by atoms with Crippen molar-refractivity contribution in [3.63, 3.8) is 0 Å². The highest BCUT2D eigenvalue weighted by Gasteiger charge is 2.53. The van der Waals surface area contributed by atoms with Crippen LogP contribution in [0.25, 0.3) is 0 Å². The number of amides is 1. The van der Waals surface area contributed by atoms with Crippen LogP contribution in [0.3, 0.4) is 0 Å². The third kappa shape index (κ3) is 9.43. The molecule has 7 rings (SSSR count). The highest BCUT2D eigenvalue weighted by molar-refractivity contribution is 7.92. The first kappa shape index (κ1) is 41.8. The first-order chi connectivity index (χ1) is 27.5. The SMILES string of the molecule is COC(=O)C[C@H]1CCC[C@@H]1[C@](CN1CCOCC1)(c1cccc(F)c1)C1CCN(CC2CN(c3ccc(S(=O)(=O)C4CN(C(=O)/C=C/CN(C)C)C4)cc3)C2)CC1. The Morgan fingerprint density at radius 1 is 0.947 bits per heavy atom. The van der Waals surface area contributed by atoms with Crippen molar-refractivity contribution in [2.75, 3.05) is 111 Å². The largest absolute Gasteiger partial charge is 0.469 e. The van der Waals surface area contributed by atoms with E-state index in [2.05, 4.69) is 20.8 Å². The molecular formula is C44H62FN5O6S. The highest BCUT2D eigenvalue weighted by Crippen LogP contribution is 2.54. The molecule has 1 amide bonds. The lowest BCUT2D eigenvalue weighted by atomic mass is 9.56. The molecule has 13 heteroatoms. The van der Waals surface area contributed by atoms with Gasteiger partial charge in [0.2, 0.25) is 5.91 Å². The van der Waals surface area contributed by atoms with Crippen LogP contribution in [0.15, 0.2) is 65.6 Å². The fourth-order valence-electron chi connectivity index (χ4n) is 10.5. The number of esters is 1. The summed E-state index contributed by atoms with van der Waals surface area (Å²) < 4.78 is 52.7. The Labute approximate surface area is 339 Å². The van der Waals surface area contributed by atoms with Crippen LogP contribution in [0.4, 0.5) is 10.1 Å². The molecule has 1 saturated carbocycles. The third-order valence-electron chi connectivity index (χ3n) is 13.6. The fourth-order valence-corrected chi connectivity index (χ4v) is 12.1. The number of likely N-dealkylation sites (tertiary alicyclic amines) is 2. The Hall–Kier alpha value is -3.36. The maximum Gasteiger partial charge on any atom is 0.305 e. The number of halogens is 1. The summed E-state index contributed by atoms with van der Waals surface area (Å²) in [5.41, 5.74) is 1.82. The summed E-state index contributed by atoms with van der Waals surface area (Å²) in [6, 6.07) is 14.6. The zero-order valence-electron chi connectivity index (χ0n) is 34.1. The predicted octanol–water partition coefficient (Wildman–Crippen LogP) is 4.33. The Balaban J connectivity index is 0.960. The summed E-state index contributed by atoms with van der Waals surface area (Å²) in [7, 11) is 1.81. The smallest absolute Gasteiger partial charge is 0.305 e. The molecule has 11 nitrogen and oxygen atoms in total. The van der Waals surface area contributed by atoms with Crippen LogP contribution in [0.1, 0.15) is 44.1 Å². The standard InChI is InChI=1S/C44H62FN5O6S/c1-46(2)18-6-11-42(51)50-30-40(31-50)57(53,54)39-14-12-38(13-15-39)49-28-33(29-49)27-47-19-16-35(17-20-47)44(32-48-21-23-56-24-22-48,36-8-5-9-37(45)26-36)41-10-4-7-34(41)25-43(52)55-3/h5-6,8-9,11-15,26,33-35,40-41H,4,7,10,16-25,27-32H2,1-3H3/b11-6+/t34-,41+,44+/m1/s1. The van der Waals surface area contributed by atoms with Crippen LogP contribution in [-0.4, -0.2) is 152 Å². The number of carbonyl (C=O) groups is 2. The minimum Gasteiger partial charge on any atom is -0.469 e. The monoisotopic (exact) mass is 807 g/mol. The van der Waals surface area contributed by atoms with Gasteiger partial charge in [0.05, 0.1) is 25.2 Å². The molecule has 1 aliphatic carbocycles. The van der Waals surface area contributed by atoms with Crippen molar-refractivity contribution in [3.8, 4) is 0 Å². The Morgan fingerprint density at radius 2 is 1.67 bits per heavy atom. The van der Waals surface area contributed by atoms with Crippen molar-refractivity contribution in [3.05, 3.63) is 72.1 Å². The number of methoxy groups -OCH3 is 1. The van der Waals surface area contributed by atoms with Crippen LogP contribution in [0.2, 0.25) is 0 Å². The van der Waals surface area contributed by atoms with E-state index in [9.17, 15) is 18.0 Å². The van der Waals surface area contributed by atoms with Gasteiger partial charge >= 0.3 is 5.97 Å². The summed E-state index contributed by atoms with van der Waals surface area (Å²) in [6.45, 7) is 9.90. The first-order valence-electron chi connectivity index (χ1n) is 21.0. The molecule has 5 fully saturated rings. The zero-order chi connectivity index (χ0) is 40.2. The normalized spacial score (nSPS) is 24.4. The minimum absolute atomic E-state index is 0.147. The summed E-state index contributed by atoms with van der Waals surface area (Å²) >= 11 is 0. The molecule has 0 N–H and O–H groups in total. The number of hydrogen-bond donors (Lipinski definition) is 0. The lowest BCUT2D eigenvalue weighted by Gasteiger charge is -2.53. The molecule has 4 heterocycles. The number of ether oxygens (including phenoxy) is 2. The number of rotatable bonds is 15. The fraction of sp³-hybridized carbons (Fsp3) is 0.636. The lowest BCUT2D eigenvalue weighted by Crippen LogP contribution is -2.57. The Bertz CT molecular complexity index is 1820. The quantitative estimate of drug-likeness (QED) is 0.191. The van der Waals surface area contributed by atoms with Gasteiger partial charge < -0.3 is 29.1 Å². The summed E-state index contributed by atoms with van der Waals surface area (Å²) in [6.07, 6.45) is 8.87. The van der Waals surface area contributed by atoms with Crippen molar-refractivity contribution in [2.45, 2.75) is 54.1 Å². The van der Waals surface area contributed by atoms with Gasteiger partial charge in [-0.1, -0.05) is 24.6 Å². The molecule has 0 radical (unpaired) electrons. The zero-order valence-corrected chi connectivity index (χ0v) is 34.9. The van der Waals surface area contributed by atoms with Crippen molar-refractivity contribution < 1.29 is 31.9 Å². The second-order valence-corrected chi connectivity index (χ2v) is 19.7. The van der Waals surface area contributed by atoms with E-state index < -0.39 is 15.1 Å². The number of sulfone groups is 1. The molecule has 0 unspecified atom stereocenters. The number of carbonyl (C=O) groups excluding carboxylic acids is 2. The second kappa shape index (κ2) is 18.3. The van der Waals surface area contributed by atoms with Gasteiger partial charge in [0.15, 0.2) is 9.84 Å². The molecule has 0 spiro atoms. The minimum atomic E-state index is -3.52. The predicted molar refractivity (Wildman–Crippen MR) is 219 cm³/mol. The molecular weight excluding hydrogens is 746 g/mol. The van der Waals surface area contributed by atoms with Gasteiger partial charge in [-0.2, -0.15) is 0 Å². The third-order valence-corrected chi connectivity index (χ3v) is 15.7. The summed E-state index contributed by atoms with van der Waals surface area (Å²) in [4.78, 5) is 36.4. The van der Waals surface area contributed by atoms with Gasteiger partial charge in [0.25, 0.3) is 0 Å². The van der Waals surface area contributed by atoms with E-state index in [1.54, 1.807) is 35.2 Å². The van der Waals surface area contributed by atoms with Crippen LogP contribution in [-0.2, 0) is 34.3 Å². The number of hydrogen-bond acceptors (Lipinski definition) is 10. The van der Waals surface area contributed by atoms with E-state index >= 15 is 4.39 Å². The molecule has 5 aliphatic rings. The summed E-state index contributed by atoms with van der Waals surface area (Å²) in [5.74, 6) is 0.828. The van der Waals surface area contributed by atoms with Gasteiger partial charge in [-0.15, -0.1) is 0 Å². The maximum atomic E-state index is 15.1. The first-order valence-corrected chi connectivity index (χ1v) is 22.5. The van der Waals surface area contributed by atoms with Crippen LogP contribution < -0.4 is 4.90 Å². The van der Waals surface area contributed by atoms with Crippen LogP contribution in [0, 0.1) is 29.5 Å². The second-order valence-electron chi connectivity index (χ2n) is 17.4. The number of morpholine rings is 1. The molecule has 57 heavy (non-hydrogen) atoms. The molecule has 4 aliphatic heterocycles. The van der Waals surface area contributed by atoms with Crippen LogP contribution >= 0.6 is 0 Å². The van der Waals surface area contributed by atoms with Crippen molar-refractivity contribution in [2.24, 2.45) is 23.7 Å². The molecule has 3 atom stereocenters. The number of anilines is 1. The molecule has 0 bridgehead atoms. The topological polar surface area (TPSA) is 103 Å². The number of benzene rings is 2. The van der Waals surface area contributed by atoms with Crippen molar-refractivity contribution in [1.82, 2.24) is 19.6 Å². The van der Waals surface area contributed by atoms with E-state index in [0.29, 0.717) is 42.9 Å². The average Bonchev–Trinajstić information content (AvgIpc) is 3.63. The number of likely N-dealkylation sites (N-methyl/N-ethyl adjacent to an activating group) is 1. The van der Waals surface area contributed by atoms with Gasteiger partial charge in [0.1, 0.15) is 11.1 Å². The molecule has 312 valence electrons.